The van der Waals surface area contributed by atoms with E-state index in [1.54, 1.807) is 0 Å². The summed E-state index contributed by atoms with van der Waals surface area (Å²) in [4.78, 5) is 12.9. The van der Waals surface area contributed by atoms with E-state index in [1.807, 2.05) is 0 Å². The molecule has 142 valence electrons. The first kappa shape index (κ1) is 17.9. The summed E-state index contributed by atoms with van der Waals surface area (Å²) in [5, 5.41) is 33.7. The van der Waals surface area contributed by atoms with Crippen molar-refractivity contribution in [3.05, 3.63) is 11.6 Å². The SMILES string of the molecule is CC1(O)C(O)C(CO)OC1n1cnc2c(NC3CCCC3)nc(Cl)nc21. The third-order valence-electron chi connectivity index (χ3n) is 5.28. The molecule has 2 fully saturated rings. The van der Waals surface area contributed by atoms with Gasteiger partial charge in [0, 0.05) is 6.04 Å². The number of hydrogen-bond donors (Lipinski definition) is 4. The molecule has 4 atom stereocenters. The van der Waals surface area contributed by atoms with Crippen LogP contribution in [0.2, 0.25) is 5.28 Å². The number of halogens is 1. The third-order valence-corrected chi connectivity index (χ3v) is 5.45. The zero-order valence-electron chi connectivity index (χ0n) is 14.3. The number of rotatable bonds is 4. The van der Waals surface area contributed by atoms with Crippen LogP contribution in [0.25, 0.3) is 11.2 Å². The molecule has 9 nitrogen and oxygen atoms in total. The fourth-order valence-electron chi connectivity index (χ4n) is 3.82. The number of fused-ring (bicyclic) bond motifs is 1. The van der Waals surface area contributed by atoms with E-state index in [1.165, 1.54) is 30.7 Å². The lowest BCUT2D eigenvalue weighted by molar-refractivity contribution is -0.0950. The Balaban J connectivity index is 1.74. The topological polar surface area (TPSA) is 126 Å². The molecule has 4 unspecified atom stereocenters. The summed E-state index contributed by atoms with van der Waals surface area (Å²) in [5.41, 5.74) is -0.721. The Morgan fingerprint density at radius 3 is 2.77 bits per heavy atom. The lowest BCUT2D eigenvalue weighted by Gasteiger charge is -2.27. The summed E-state index contributed by atoms with van der Waals surface area (Å²) in [7, 11) is 0. The van der Waals surface area contributed by atoms with Crippen molar-refractivity contribution in [2.24, 2.45) is 0 Å². The van der Waals surface area contributed by atoms with Gasteiger partial charge in [0.15, 0.2) is 23.2 Å². The Morgan fingerprint density at radius 2 is 2.12 bits per heavy atom. The van der Waals surface area contributed by atoms with Crippen molar-refractivity contribution in [2.75, 3.05) is 11.9 Å². The first-order chi connectivity index (χ1) is 12.4. The van der Waals surface area contributed by atoms with Gasteiger partial charge in [-0.2, -0.15) is 9.97 Å². The predicted molar refractivity (Wildman–Crippen MR) is 93.8 cm³/mol. The molecule has 26 heavy (non-hydrogen) atoms. The summed E-state index contributed by atoms with van der Waals surface area (Å²) >= 11 is 6.10. The summed E-state index contributed by atoms with van der Waals surface area (Å²) in [6, 6.07) is 0.320. The number of aromatic nitrogens is 4. The fraction of sp³-hybridized carbons (Fsp3) is 0.688. The lowest BCUT2D eigenvalue weighted by atomic mass is 9.96. The second kappa shape index (κ2) is 6.58. The summed E-state index contributed by atoms with van der Waals surface area (Å²) < 4.78 is 7.17. The number of hydrogen-bond acceptors (Lipinski definition) is 8. The van der Waals surface area contributed by atoms with Gasteiger partial charge in [-0.15, -0.1) is 0 Å². The normalized spacial score (nSPS) is 32.6. The fourth-order valence-corrected chi connectivity index (χ4v) is 3.98. The average molecular weight is 384 g/mol. The van der Waals surface area contributed by atoms with Crippen molar-refractivity contribution in [3.8, 4) is 0 Å². The smallest absolute Gasteiger partial charge is 0.226 e. The molecule has 0 aromatic carbocycles. The maximum absolute atomic E-state index is 10.7. The maximum atomic E-state index is 10.7. The molecule has 0 amide bonds. The van der Waals surface area contributed by atoms with E-state index in [9.17, 15) is 15.3 Å². The molecule has 0 radical (unpaired) electrons. The summed E-state index contributed by atoms with van der Waals surface area (Å²) in [5.74, 6) is 0.544. The van der Waals surface area contributed by atoms with E-state index in [-0.39, 0.29) is 5.28 Å². The first-order valence-corrected chi connectivity index (χ1v) is 9.13. The van der Waals surface area contributed by atoms with E-state index < -0.39 is 30.6 Å². The van der Waals surface area contributed by atoms with Crippen molar-refractivity contribution in [2.45, 2.75) is 62.7 Å². The highest BCUT2D eigenvalue weighted by atomic mass is 35.5. The standard InChI is InChI=1S/C16H22ClN5O4/c1-16(25)11(24)9(6-23)26-14(16)22-7-18-10-12(19-8-4-2-3-5-8)20-15(17)21-13(10)22/h7-9,11,14,23-25H,2-6H2,1H3,(H,19,20,21). The predicted octanol–water partition coefficient (Wildman–Crippen LogP) is 0.836. The van der Waals surface area contributed by atoms with Crippen LogP contribution in [-0.4, -0.2) is 65.3 Å². The van der Waals surface area contributed by atoms with Gasteiger partial charge in [-0.05, 0) is 31.4 Å². The molecule has 2 aliphatic rings. The zero-order valence-corrected chi connectivity index (χ0v) is 15.1. The molecular formula is C16H22ClN5O4. The highest BCUT2D eigenvalue weighted by molar-refractivity contribution is 6.28. The molecule has 10 heteroatoms. The van der Waals surface area contributed by atoms with E-state index in [2.05, 4.69) is 20.3 Å². The molecular weight excluding hydrogens is 362 g/mol. The molecule has 3 heterocycles. The van der Waals surface area contributed by atoms with Crippen molar-refractivity contribution >= 4 is 28.6 Å². The van der Waals surface area contributed by atoms with Crippen LogP contribution in [0.5, 0.6) is 0 Å². The van der Waals surface area contributed by atoms with Gasteiger partial charge in [0.25, 0.3) is 0 Å². The van der Waals surface area contributed by atoms with Crippen molar-refractivity contribution in [1.82, 2.24) is 19.5 Å². The van der Waals surface area contributed by atoms with Crippen molar-refractivity contribution in [1.29, 1.82) is 0 Å². The average Bonchev–Trinajstić information content (AvgIpc) is 3.29. The second-order valence-electron chi connectivity index (χ2n) is 7.17. The molecule has 4 N–H and O–H groups in total. The molecule has 1 aliphatic carbocycles. The maximum Gasteiger partial charge on any atom is 0.226 e. The van der Waals surface area contributed by atoms with Gasteiger partial charge in [0.1, 0.15) is 17.8 Å². The van der Waals surface area contributed by atoms with Gasteiger partial charge >= 0.3 is 0 Å². The number of nitrogens with one attached hydrogen (secondary N) is 1. The van der Waals surface area contributed by atoms with Crippen LogP contribution in [-0.2, 0) is 4.74 Å². The van der Waals surface area contributed by atoms with Gasteiger partial charge in [-0.25, -0.2) is 4.98 Å². The number of ether oxygens (including phenoxy) is 1. The second-order valence-corrected chi connectivity index (χ2v) is 7.51. The van der Waals surface area contributed by atoms with Crippen LogP contribution in [0.4, 0.5) is 5.82 Å². The molecule has 0 spiro atoms. The Morgan fingerprint density at radius 1 is 1.38 bits per heavy atom. The van der Waals surface area contributed by atoms with Gasteiger partial charge in [-0.1, -0.05) is 12.8 Å². The minimum absolute atomic E-state index is 0.0524. The van der Waals surface area contributed by atoms with Gasteiger partial charge in [0.05, 0.1) is 12.9 Å². The Labute approximate surface area is 155 Å². The number of anilines is 1. The largest absolute Gasteiger partial charge is 0.394 e. The molecule has 4 rings (SSSR count). The minimum Gasteiger partial charge on any atom is -0.394 e. The lowest BCUT2D eigenvalue weighted by Crippen LogP contribution is -2.44. The zero-order chi connectivity index (χ0) is 18.5. The first-order valence-electron chi connectivity index (χ1n) is 8.75. The Kier molecular flexibility index (Phi) is 4.52. The van der Waals surface area contributed by atoms with E-state index in [4.69, 9.17) is 16.3 Å². The van der Waals surface area contributed by atoms with E-state index in [0.29, 0.717) is 23.0 Å². The van der Waals surface area contributed by atoms with Crippen LogP contribution in [0.15, 0.2) is 6.33 Å². The highest BCUT2D eigenvalue weighted by Gasteiger charge is 2.53. The van der Waals surface area contributed by atoms with Gasteiger partial charge in [-0.3, -0.25) is 4.57 Å². The molecule has 2 aromatic rings. The van der Waals surface area contributed by atoms with E-state index in [0.717, 1.165) is 12.8 Å². The number of aliphatic hydroxyl groups is 3. The summed E-state index contributed by atoms with van der Waals surface area (Å²) in [6.45, 7) is 1.04. The minimum atomic E-state index is -1.63. The quantitative estimate of drug-likeness (QED) is 0.572. The third kappa shape index (κ3) is 2.84. The van der Waals surface area contributed by atoms with Crippen LogP contribution < -0.4 is 5.32 Å². The van der Waals surface area contributed by atoms with Crippen LogP contribution in [0.3, 0.4) is 0 Å². The highest BCUT2D eigenvalue weighted by Crippen LogP contribution is 2.40. The molecule has 1 aliphatic heterocycles. The molecule has 1 saturated carbocycles. The number of imidazole rings is 1. The van der Waals surface area contributed by atoms with Gasteiger partial charge in [0.2, 0.25) is 5.28 Å². The van der Waals surface area contributed by atoms with Crippen molar-refractivity contribution in [3.63, 3.8) is 0 Å². The van der Waals surface area contributed by atoms with E-state index >= 15 is 0 Å². The van der Waals surface area contributed by atoms with Crippen molar-refractivity contribution < 1.29 is 20.1 Å². The molecule has 2 aromatic heterocycles. The Bertz CT molecular complexity index is 807. The van der Waals surface area contributed by atoms with Crippen LogP contribution in [0, 0.1) is 0 Å². The monoisotopic (exact) mass is 383 g/mol. The number of nitrogens with zero attached hydrogens (tertiary/aromatic N) is 4. The van der Waals surface area contributed by atoms with Crippen LogP contribution >= 0.6 is 11.6 Å². The molecule has 1 saturated heterocycles. The number of aliphatic hydroxyl groups excluding tert-OH is 2. The summed E-state index contributed by atoms with van der Waals surface area (Å²) in [6.07, 6.45) is 2.83. The molecule has 0 bridgehead atoms. The van der Waals surface area contributed by atoms with Gasteiger partial charge < -0.3 is 25.4 Å². The van der Waals surface area contributed by atoms with Crippen LogP contribution in [0.1, 0.15) is 38.8 Å². The Hall–Kier alpha value is -1.52.